The first-order chi connectivity index (χ1) is 9.32. The molecule has 0 bridgehead atoms. The Kier molecular flexibility index (Phi) is 3.61. The van der Waals surface area contributed by atoms with Crippen molar-refractivity contribution in [1.29, 1.82) is 0 Å². The smallest absolute Gasteiger partial charge is 0.287 e. The lowest BCUT2D eigenvalue weighted by atomic mass is 9.96. The second-order valence-electron chi connectivity index (χ2n) is 4.25. The molecule has 0 unspecified atom stereocenters. The van der Waals surface area contributed by atoms with Crippen LogP contribution < -0.4 is 5.46 Å². The van der Waals surface area contributed by atoms with Crippen LogP contribution >= 0.6 is 0 Å². The molecule has 0 amide bonds. The molecule has 0 saturated carbocycles. The number of carbonyl (C=O) groups is 1. The Morgan fingerprint density at radius 1 is 1.15 bits per heavy atom. The fourth-order valence-corrected chi connectivity index (χ4v) is 1.61. The number of alkyl halides is 2. The molecule has 7 heteroatoms. The molecule has 1 aromatic heterocycles. The minimum Gasteiger partial charge on any atom is -0.287 e. The molecule has 20 heavy (non-hydrogen) atoms. The molecule has 0 spiro atoms. The minimum absolute atomic E-state index is 0.381. The van der Waals surface area contributed by atoms with Crippen LogP contribution in [0.4, 0.5) is 17.6 Å². The molecular formula is C13H8BF4NO. The fraction of sp³-hybridized carbons (Fsp3) is 0.0769. The van der Waals surface area contributed by atoms with E-state index in [9.17, 15) is 22.4 Å². The Morgan fingerprint density at radius 2 is 1.85 bits per heavy atom. The Hall–Kier alpha value is -2.18. The second kappa shape index (κ2) is 5.07. The van der Waals surface area contributed by atoms with Gasteiger partial charge in [0.25, 0.3) is 0 Å². The van der Waals surface area contributed by atoms with Crippen molar-refractivity contribution in [2.75, 3.05) is 0 Å². The van der Waals surface area contributed by atoms with E-state index < -0.39 is 34.6 Å². The molecule has 102 valence electrons. The molecule has 0 saturated heterocycles. The topological polar surface area (TPSA) is 30.0 Å². The standard InChI is InChI=1S/C13H8BF4NO/c14-7-1-4-11(19-6-7)13(17,18)12(20)9-3-2-8(15)5-10(9)16/h1-6H,14H2. The molecule has 2 rings (SSSR count). The summed E-state index contributed by atoms with van der Waals surface area (Å²) >= 11 is 0. The molecule has 0 N–H and O–H groups in total. The van der Waals surface area contributed by atoms with Crippen molar-refractivity contribution in [2.24, 2.45) is 0 Å². The van der Waals surface area contributed by atoms with E-state index in [0.717, 1.165) is 12.1 Å². The largest absolute Gasteiger partial charge is 0.351 e. The van der Waals surface area contributed by atoms with E-state index in [1.54, 1.807) is 7.85 Å². The normalized spacial score (nSPS) is 11.4. The van der Waals surface area contributed by atoms with E-state index in [-0.39, 0.29) is 0 Å². The van der Waals surface area contributed by atoms with Crippen molar-refractivity contribution in [3.8, 4) is 0 Å². The number of Topliss-reactive ketones (excluding diaryl/α,β-unsaturated/α-hetero) is 1. The number of halogens is 4. The van der Waals surface area contributed by atoms with Gasteiger partial charge in [-0.2, -0.15) is 8.78 Å². The zero-order valence-corrected chi connectivity index (χ0v) is 10.3. The first-order valence-electron chi connectivity index (χ1n) is 5.63. The van der Waals surface area contributed by atoms with Gasteiger partial charge in [0.1, 0.15) is 25.2 Å². The van der Waals surface area contributed by atoms with E-state index in [4.69, 9.17) is 0 Å². The van der Waals surface area contributed by atoms with E-state index >= 15 is 0 Å². The number of aromatic nitrogens is 1. The van der Waals surface area contributed by atoms with Crippen LogP contribution in [-0.4, -0.2) is 18.6 Å². The summed E-state index contributed by atoms with van der Waals surface area (Å²) in [4.78, 5) is 15.2. The molecule has 2 nitrogen and oxygen atoms in total. The van der Waals surface area contributed by atoms with Gasteiger partial charge in [0.2, 0.25) is 5.78 Å². The predicted molar refractivity (Wildman–Crippen MR) is 67.0 cm³/mol. The Labute approximate surface area is 112 Å². The molecule has 0 aliphatic rings. The Bertz CT molecular complexity index is 658. The lowest BCUT2D eigenvalue weighted by molar-refractivity contribution is 0.00428. The van der Waals surface area contributed by atoms with Crippen molar-refractivity contribution in [3.63, 3.8) is 0 Å². The minimum atomic E-state index is -3.98. The quantitative estimate of drug-likeness (QED) is 0.486. The molecule has 0 atom stereocenters. The summed E-state index contributed by atoms with van der Waals surface area (Å²) in [6.07, 6.45) is 1.18. The van der Waals surface area contributed by atoms with Gasteiger partial charge in [-0.3, -0.25) is 9.78 Å². The third-order valence-electron chi connectivity index (χ3n) is 2.69. The van der Waals surface area contributed by atoms with Crippen LogP contribution in [0.3, 0.4) is 0 Å². The van der Waals surface area contributed by atoms with Gasteiger partial charge >= 0.3 is 5.92 Å². The van der Waals surface area contributed by atoms with Crippen molar-refractivity contribution in [1.82, 2.24) is 4.98 Å². The fourth-order valence-electron chi connectivity index (χ4n) is 1.61. The zero-order valence-electron chi connectivity index (χ0n) is 10.3. The number of hydrogen-bond acceptors (Lipinski definition) is 2. The van der Waals surface area contributed by atoms with Crippen LogP contribution in [0.2, 0.25) is 0 Å². The first-order valence-corrected chi connectivity index (χ1v) is 5.63. The van der Waals surface area contributed by atoms with E-state index in [1.165, 1.54) is 12.3 Å². The maximum atomic E-state index is 14.0. The molecule has 0 aliphatic carbocycles. The third-order valence-corrected chi connectivity index (χ3v) is 2.69. The van der Waals surface area contributed by atoms with Crippen molar-refractivity contribution >= 4 is 19.1 Å². The van der Waals surface area contributed by atoms with Crippen molar-refractivity contribution in [2.45, 2.75) is 5.92 Å². The summed E-state index contributed by atoms with van der Waals surface area (Å²) in [5.74, 6) is -8.02. The van der Waals surface area contributed by atoms with Gasteiger partial charge in [-0.05, 0) is 18.2 Å². The van der Waals surface area contributed by atoms with Crippen molar-refractivity contribution in [3.05, 3.63) is 59.4 Å². The number of carbonyl (C=O) groups excluding carboxylic acids is 1. The summed E-state index contributed by atoms with van der Waals surface area (Å²) < 4.78 is 54.1. The number of benzene rings is 1. The number of ketones is 1. The molecule has 2 aromatic rings. The van der Waals surface area contributed by atoms with E-state index in [0.29, 0.717) is 17.6 Å². The number of hydrogen-bond donors (Lipinski definition) is 0. The number of pyridine rings is 1. The average Bonchev–Trinajstić information content (AvgIpc) is 2.38. The van der Waals surface area contributed by atoms with Crippen LogP contribution in [0.5, 0.6) is 0 Å². The highest BCUT2D eigenvalue weighted by atomic mass is 19.3. The van der Waals surface area contributed by atoms with Crippen molar-refractivity contribution < 1.29 is 22.4 Å². The summed E-state index contributed by atoms with van der Waals surface area (Å²) in [5, 5.41) is 0. The second-order valence-corrected chi connectivity index (χ2v) is 4.25. The number of nitrogens with zero attached hydrogens (tertiary/aromatic N) is 1. The average molecular weight is 281 g/mol. The molecule has 1 heterocycles. The van der Waals surface area contributed by atoms with Crippen LogP contribution in [0.15, 0.2) is 36.5 Å². The maximum Gasteiger partial charge on any atom is 0.351 e. The van der Waals surface area contributed by atoms with Gasteiger partial charge in [0.05, 0.1) is 5.56 Å². The lowest BCUT2D eigenvalue weighted by Gasteiger charge is -2.15. The summed E-state index contributed by atoms with van der Waals surface area (Å²) in [5.41, 5.74) is -1.01. The zero-order chi connectivity index (χ0) is 14.9. The monoisotopic (exact) mass is 281 g/mol. The predicted octanol–water partition coefficient (Wildman–Crippen LogP) is 1.59. The lowest BCUT2D eigenvalue weighted by Crippen LogP contribution is -2.28. The highest BCUT2D eigenvalue weighted by molar-refractivity contribution is 6.32. The SMILES string of the molecule is Bc1ccc(C(F)(F)C(=O)c2ccc(F)cc2F)nc1. The highest BCUT2D eigenvalue weighted by Crippen LogP contribution is 2.31. The number of rotatable bonds is 3. The van der Waals surface area contributed by atoms with Gasteiger partial charge < -0.3 is 0 Å². The summed E-state index contributed by atoms with van der Waals surface area (Å²) in [7, 11) is 1.65. The Balaban J connectivity index is 2.42. The maximum absolute atomic E-state index is 14.0. The summed E-state index contributed by atoms with van der Waals surface area (Å²) in [6, 6.07) is 4.18. The van der Waals surface area contributed by atoms with Gasteiger partial charge in [-0.1, -0.05) is 11.5 Å². The Morgan fingerprint density at radius 3 is 2.40 bits per heavy atom. The third kappa shape index (κ3) is 2.56. The molecule has 0 radical (unpaired) electrons. The summed E-state index contributed by atoms with van der Waals surface area (Å²) in [6.45, 7) is 0. The van der Waals surface area contributed by atoms with Crippen LogP contribution in [0, 0.1) is 11.6 Å². The van der Waals surface area contributed by atoms with Crippen LogP contribution in [0.1, 0.15) is 16.1 Å². The van der Waals surface area contributed by atoms with Gasteiger partial charge in [-0.15, -0.1) is 0 Å². The van der Waals surface area contributed by atoms with Crippen LogP contribution in [-0.2, 0) is 5.92 Å². The van der Waals surface area contributed by atoms with Gasteiger partial charge in [0.15, 0.2) is 0 Å². The molecule has 0 fully saturated rings. The molecular weight excluding hydrogens is 273 g/mol. The molecule has 0 aliphatic heterocycles. The van der Waals surface area contributed by atoms with E-state index in [2.05, 4.69) is 4.98 Å². The van der Waals surface area contributed by atoms with Gasteiger partial charge in [0, 0.05) is 12.3 Å². The highest BCUT2D eigenvalue weighted by Gasteiger charge is 2.43. The first kappa shape index (κ1) is 14.2. The van der Waals surface area contributed by atoms with Gasteiger partial charge in [-0.25, -0.2) is 8.78 Å². The molecule has 1 aromatic carbocycles. The van der Waals surface area contributed by atoms with Crippen LogP contribution in [0.25, 0.3) is 0 Å². The van der Waals surface area contributed by atoms with E-state index in [1.807, 2.05) is 0 Å².